The summed E-state index contributed by atoms with van der Waals surface area (Å²) in [7, 11) is 0. The molecular weight excluding hydrogens is 494 g/mol. The lowest BCUT2D eigenvalue weighted by Crippen LogP contribution is -2.23. The highest BCUT2D eigenvalue weighted by molar-refractivity contribution is 9.10. The van der Waals surface area contributed by atoms with E-state index in [1.165, 1.54) is 22.4 Å². The summed E-state index contributed by atoms with van der Waals surface area (Å²) in [5.41, 5.74) is 3.61. The second kappa shape index (κ2) is 9.56. The summed E-state index contributed by atoms with van der Waals surface area (Å²) >= 11 is 11.1. The van der Waals surface area contributed by atoms with Gasteiger partial charge in [-0.3, -0.25) is 4.79 Å². The van der Waals surface area contributed by atoms with E-state index in [0.29, 0.717) is 10.2 Å². The topological polar surface area (TPSA) is 45.6 Å². The number of hydrogen-bond donors (Lipinski definition) is 0. The van der Waals surface area contributed by atoms with Gasteiger partial charge in [0.25, 0.3) is 5.91 Å². The van der Waals surface area contributed by atoms with E-state index < -0.39 is 0 Å². The fourth-order valence-electron chi connectivity index (χ4n) is 2.80. The molecular formula is C24H17BrClN3OS. The Bertz CT molecular complexity index is 1300. The molecule has 0 unspecified atom stereocenters. The molecule has 0 radical (unpaired) electrons. The van der Waals surface area contributed by atoms with E-state index in [-0.39, 0.29) is 5.91 Å². The second-order valence-corrected chi connectivity index (χ2v) is 9.10. The van der Waals surface area contributed by atoms with Crippen LogP contribution in [0.1, 0.15) is 16.7 Å². The van der Waals surface area contributed by atoms with Crippen LogP contribution in [0.5, 0.6) is 0 Å². The number of aryl methyl sites for hydroxylation is 1. The number of carbonyl (C=O) groups is 1. The van der Waals surface area contributed by atoms with Crippen molar-refractivity contribution in [2.75, 3.05) is 5.01 Å². The molecule has 0 spiro atoms. The maximum Gasteiger partial charge on any atom is 0.273 e. The van der Waals surface area contributed by atoms with E-state index in [4.69, 9.17) is 11.6 Å². The van der Waals surface area contributed by atoms with Gasteiger partial charge in [-0.1, -0.05) is 86.9 Å². The summed E-state index contributed by atoms with van der Waals surface area (Å²) in [5.74, 6) is -0.318. The first-order valence-corrected chi connectivity index (χ1v) is 11.4. The maximum atomic E-state index is 13.1. The third-order valence-corrected chi connectivity index (χ3v) is 6.27. The van der Waals surface area contributed by atoms with Crippen molar-refractivity contribution in [1.82, 2.24) is 4.98 Å². The molecule has 3 aromatic carbocycles. The molecule has 4 rings (SSSR count). The SMILES string of the molecule is Cc1ccc(/C=N/N(C(=O)/C=C/c2ccccc2Cl)c2nc3ccc(Br)cc3s2)cc1. The highest BCUT2D eigenvalue weighted by atomic mass is 79.9. The second-order valence-electron chi connectivity index (χ2n) is 6.77. The number of nitrogens with zero attached hydrogens (tertiary/aromatic N) is 3. The smallest absolute Gasteiger partial charge is 0.267 e. The summed E-state index contributed by atoms with van der Waals surface area (Å²) in [6, 6.07) is 21.1. The lowest BCUT2D eigenvalue weighted by molar-refractivity contribution is -0.114. The molecule has 31 heavy (non-hydrogen) atoms. The lowest BCUT2D eigenvalue weighted by atomic mass is 10.2. The Hall–Kier alpha value is -2.80. The molecule has 0 fully saturated rings. The number of hydrazone groups is 1. The average Bonchev–Trinajstić information content (AvgIpc) is 3.17. The molecule has 0 N–H and O–H groups in total. The molecule has 154 valence electrons. The number of rotatable bonds is 5. The molecule has 0 saturated carbocycles. The van der Waals surface area contributed by atoms with Gasteiger partial charge in [-0.25, -0.2) is 4.98 Å². The molecule has 0 aliphatic heterocycles. The average molecular weight is 511 g/mol. The Morgan fingerprint density at radius 2 is 1.90 bits per heavy atom. The number of carbonyl (C=O) groups excluding carboxylic acids is 1. The number of thiazole rings is 1. The van der Waals surface area contributed by atoms with E-state index in [0.717, 1.165) is 31.4 Å². The van der Waals surface area contributed by atoms with Crippen LogP contribution in [0.2, 0.25) is 5.02 Å². The molecule has 0 bridgehead atoms. The van der Waals surface area contributed by atoms with Gasteiger partial charge in [0.1, 0.15) is 0 Å². The third kappa shape index (κ3) is 5.28. The number of benzene rings is 3. The Labute approximate surface area is 197 Å². The van der Waals surface area contributed by atoms with Crippen molar-refractivity contribution < 1.29 is 4.79 Å². The summed E-state index contributed by atoms with van der Waals surface area (Å²) in [5, 5.41) is 6.83. The van der Waals surface area contributed by atoms with Gasteiger partial charge in [0.15, 0.2) is 0 Å². The molecule has 4 nitrogen and oxygen atoms in total. The van der Waals surface area contributed by atoms with Crippen molar-refractivity contribution in [3.63, 3.8) is 0 Å². The quantitative estimate of drug-likeness (QED) is 0.163. The minimum absolute atomic E-state index is 0.318. The summed E-state index contributed by atoms with van der Waals surface area (Å²) in [6.45, 7) is 2.02. The van der Waals surface area contributed by atoms with Crippen molar-refractivity contribution >= 4 is 72.4 Å². The standard InChI is InChI=1S/C24H17BrClN3OS/c1-16-6-8-17(9-7-16)15-27-29(23(30)13-10-18-4-2-3-5-20(18)26)24-28-21-12-11-19(25)14-22(21)31-24/h2-15H,1H3/b13-10+,27-15+. The van der Waals surface area contributed by atoms with E-state index in [1.54, 1.807) is 18.4 Å². The summed E-state index contributed by atoms with van der Waals surface area (Å²) < 4.78 is 1.91. The Balaban J connectivity index is 1.69. The van der Waals surface area contributed by atoms with Crippen LogP contribution in [0, 0.1) is 6.92 Å². The minimum atomic E-state index is -0.318. The van der Waals surface area contributed by atoms with E-state index in [9.17, 15) is 4.79 Å². The van der Waals surface area contributed by atoms with Crippen LogP contribution >= 0.6 is 38.9 Å². The molecule has 1 aromatic heterocycles. The van der Waals surface area contributed by atoms with Crippen molar-refractivity contribution in [3.8, 4) is 0 Å². The van der Waals surface area contributed by atoms with Gasteiger partial charge < -0.3 is 0 Å². The van der Waals surface area contributed by atoms with Gasteiger partial charge >= 0.3 is 0 Å². The van der Waals surface area contributed by atoms with E-state index in [2.05, 4.69) is 26.0 Å². The predicted molar refractivity (Wildman–Crippen MR) is 134 cm³/mol. The first-order chi connectivity index (χ1) is 15.0. The fraction of sp³-hybridized carbons (Fsp3) is 0.0417. The monoisotopic (exact) mass is 509 g/mol. The lowest BCUT2D eigenvalue weighted by Gasteiger charge is -2.11. The highest BCUT2D eigenvalue weighted by Crippen LogP contribution is 2.31. The zero-order chi connectivity index (χ0) is 21.8. The molecule has 1 amide bonds. The zero-order valence-electron chi connectivity index (χ0n) is 16.5. The number of fused-ring (bicyclic) bond motifs is 1. The van der Waals surface area contributed by atoms with Crippen LogP contribution in [-0.4, -0.2) is 17.1 Å². The molecule has 0 aliphatic carbocycles. The van der Waals surface area contributed by atoms with Crippen molar-refractivity contribution in [1.29, 1.82) is 0 Å². The largest absolute Gasteiger partial charge is 0.273 e. The van der Waals surface area contributed by atoms with E-state index >= 15 is 0 Å². The van der Waals surface area contributed by atoms with Crippen molar-refractivity contribution in [2.45, 2.75) is 6.92 Å². The first kappa shape index (κ1) is 21.4. The number of anilines is 1. The summed E-state index contributed by atoms with van der Waals surface area (Å²) in [6.07, 6.45) is 4.79. The number of amides is 1. The van der Waals surface area contributed by atoms with Gasteiger partial charge in [0.05, 0.1) is 16.4 Å². The fourth-order valence-corrected chi connectivity index (χ4v) is 4.48. The molecule has 0 atom stereocenters. The summed E-state index contributed by atoms with van der Waals surface area (Å²) in [4.78, 5) is 17.7. The number of aromatic nitrogens is 1. The normalized spacial score (nSPS) is 11.6. The van der Waals surface area contributed by atoms with Gasteiger partial charge in [-0.15, -0.1) is 0 Å². The van der Waals surface area contributed by atoms with E-state index in [1.807, 2.05) is 67.6 Å². The van der Waals surface area contributed by atoms with Crippen LogP contribution in [-0.2, 0) is 4.79 Å². The van der Waals surface area contributed by atoms with Gasteiger partial charge in [0.2, 0.25) is 5.13 Å². The Morgan fingerprint density at radius 1 is 1.13 bits per heavy atom. The van der Waals surface area contributed by atoms with Crippen molar-refractivity contribution in [2.24, 2.45) is 5.10 Å². The minimum Gasteiger partial charge on any atom is -0.267 e. The molecule has 4 aromatic rings. The van der Waals surface area contributed by atoms with Crippen LogP contribution in [0.15, 0.2) is 82.4 Å². The van der Waals surface area contributed by atoms with Crippen LogP contribution in [0.4, 0.5) is 5.13 Å². The van der Waals surface area contributed by atoms with Crippen LogP contribution in [0.3, 0.4) is 0 Å². The Kier molecular flexibility index (Phi) is 6.61. The number of halogens is 2. The zero-order valence-corrected chi connectivity index (χ0v) is 19.7. The van der Waals surface area contributed by atoms with Gasteiger partial charge in [0, 0.05) is 15.6 Å². The van der Waals surface area contributed by atoms with Gasteiger partial charge in [-0.05, 0) is 48.4 Å². The molecule has 7 heteroatoms. The molecule has 1 heterocycles. The highest BCUT2D eigenvalue weighted by Gasteiger charge is 2.17. The van der Waals surface area contributed by atoms with Crippen molar-refractivity contribution in [3.05, 3.63) is 99.0 Å². The maximum absolute atomic E-state index is 13.1. The van der Waals surface area contributed by atoms with Gasteiger partial charge in [-0.2, -0.15) is 10.1 Å². The van der Waals surface area contributed by atoms with Crippen LogP contribution in [0.25, 0.3) is 16.3 Å². The predicted octanol–water partition coefficient (Wildman–Crippen LogP) is 7.10. The molecule has 0 saturated heterocycles. The Morgan fingerprint density at radius 3 is 2.68 bits per heavy atom. The third-order valence-electron chi connectivity index (χ3n) is 4.44. The molecule has 0 aliphatic rings. The number of hydrogen-bond acceptors (Lipinski definition) is 4. The first-order valence-electron chi connectivity index (χ1n) is 9.43. The van der Waals surface area contributed by atoms with Crippen LogP contribution < -0.4 is 5.01 Å².